The summed E-state index contributed by atoms with van der Waals surface area (Å²) in [4.78, 5) is 16.2. The van der Waals surface area contributed by atoms with E-state index in [1.54, 1.807) is 0 Å². The third-order valence-corrected chi connectivity index (χ3v) is 4.25. The molecule has 1 N–H and O–H groups in total. The molecule has 0 atom stereocenters. The monoisotopic (exact) mass is 431 g/mol. The van der Waals surface area contributed by atoms with Gasteiger partial charge in [-0.25, -0.2) is 19.8 Å². The standard InChI is InChI=1S/C17H10Cl2F3N3O3/c1-28-12-4-2-10(9-3-5-13(17(20,21)22)23-14(9)12)16(26)24-15-11(19)6-8(18)7-25(15)27/h2-7H,1H3,(H,24,26). The SMILES string of the molecule is COc1ccc(C(=O)Nc2c(Cl)cc(Cl)c[n+]2[O-])c2ccc(C(F)(F)F)nc12. The number of benzene rings is 1. The fourth-order valence-corrected chi connectivity index (χ4v) is 3.01. The maximum atomic E-state index is 13.0. The molecule has 0 saturated carbocycles. The number of pyridine rings is 2. The Bertz CT molecular complexity index is 1070. The fraction of sp³-hybridized carbons (Fsp3) is 0.118. The molecular formula is C17H10Cl2F3N3O3. The Labute approximate surface area is 166 Å². The van der Waals surface area contributed by atoms with E-state index in [1.165, 1.54) is 25.3 Å². The van der Waals surface area contributed by atoms with Gasteiger partial charge in [0.2, 0.25) is 0 Å². The van der Waals surface area contributed by atoms with E-state index in [4.69, 9.17) is 27.9 Å². The lowest BCUT2D eigenvalue weighted by atomic mass is 10.1. The van der Waals surface area contributed by atoms with Gasteiger partial charge < -0.3 is 9.94 Å². The fourth-order valence-electron chi connectivity index (χ4n) is 2.51. The van der Waals surface area contributed by atoms with Gasteiger partial charge in [-0.3, -0.25) is 0 Å². The van der Waals surface area contributed by atoms with Crippen LogP contribution in [0.15, 0.2) is 36.5 Å². The number of nitrogens with one attached hydrogen (secondary N) is 1. The Hall–Kier alpha value is -2.78. The molecule has 2 heterocycles. The molecule has 0 unspecified atom stereocenters. The molecule has 28 heavy (non-hydrogen) atoms. The quantitative estimate of drug-likeness (QED) is 0.490. The van der Waals surface area contributed by atoms with E-state index >= 15 is 0 Å². The van der Waals surface area contributed by atoms with E-state index in [2.05, 4.69) is 10.3 Å². The maximum absolute atomic E-state index is 13.0. The van der Waals surface area contributed by atoms with Crippen LogP contribution in [0.5, 0.6) is 5.75 Å². The summed E-state index contributed by atoms with van der Waals surface area (Å²) in [6.45, 7) is 0. The van der Waals surface area contributed by atoms with Crippen LogP contribution >= 0.6 is 23.2 Å². The first kappa shape index (κ1) is 20.0. The van der Waals surface area contributed by atoms with Gasteiger partial charge in [0.05, 0.1) is 17.7 Å². The number of amides is 1. The summed E-state index contributed by atoms with van der Waals surface area (Å²) in [5.74, 6) is -0.996. The van der Waals surface area contributed by atoms with Crippen LogP contribution in [0.3, 0.4) is 0 Å². The molecule has 0 bridgehead atoms. The summed E-state index contributed by atoms with van der Waals surface area (Å²) in [6.07, 6.45) is -3.67. The van der Waals surface area contributed by atoms with Gasteiger partial charge >= 0.3 is 17.9 Å². The summed E-state index contributed by atoms with van der Waals surface area (Å²) in [7, 11) is 1.27. The molecule has 1 amide bonds. The van der Waals surface area contributed by atoms with Crippen molar-refractivity contribution in [2.24, 2.45) is 0 Å². The van der Waals surface area contributed by atoms with Gasteiger partial charge in [-0.2, -0.15) is 13.2 Å². The number of anilines is 1. The van der Waals surface area contributed by atoms with Crippen LogP contribution < -0.4 is 14.8 Å². The van der Waals surface area contributed by atoms with Crippen molar-refractivity contribution >= 4 is 45.8 Å². The zero-order valence-corrected chi connectivity index (χ0v) is 15.5. The molecule has 0 aliphatic carbocycles. The molecule has 3 aromatic rings. The largest absolute Gasteiger partial charge is 0.711 e. The number of methoxy groups -OCH3 is 1. The van der Waals surface area contributed by atoms with E-state index < -0.39 is 17.8 Å². The summed E-state index contributed by atoms with van der Waals surface area (Å²) in [6, 6.07) is 5.76. The minimum absolute atomic E-state index is 0.0250. The Balaban J connectivity index is 2.09. The first-order valence-corrected chi connectivity index (χ1v) is 8.32. The summed E-state index contributed by atoms with van der Waals surface area (Å²) in [5.41, 5.74) is -1.31. The van der Waals surface area contributed by atoms with Gasteiger partial charge in [-0.05, 0) is 30.3 Å². The van der Waals surface area contributed by atoms with E-state index in [9.17, 15) is 23.2 Å². The van der Waals surface area contributed by atoms with Gasteiger partial charge in [0.1, 0.15) is 28.2 Å². The van der Waals surface area contributed by atoms with Crippen LogP contribution in [0, 0.1) is 5.21 Å². The van der Waals surface area contributed by atoms with Gasteiger partial charge in [0, 0.05) is 5.39 Å². The highest BCUT2D eigenvalue weighted by atomic mass is 35.5. The number of alkyl halides is 3. The molecule has 0 radical (unpaired) electrons. The number of hydrogen-bond acceptors (Lipinski definition) is 4. The first-order valence-electron chi connectivity index (χ1n) is 7.56. The van der Waals surface area contributed by atoms with Gasteiger partial charge in [-0.15, -0.1) is 0 Å². The average molecular weight is 432 g/mol. The number of hydrogen-bond donors (Lipinski definition) is 1. The van der Waals surface area contributed by atoms with Gasteiger partial charge in [-0.1, -0.05) is 23.2 Å². The zero-order valence-electron chi connectivity index (χ0n) is 14.0. The van der Waals surface area contributed by atoms with Crippen LogP contribution in [0.2, 0.25) is 10.0 Å². The number of carbonyl (C=O) groups is 1. The van der Waals surface area contributed by atoms with E-state index in [0.29, 0.717) is 0 Å². The van der Waals surface area contributed by atoms with Gasteiger partial charge in [0.25, 0.3) is 0 Å². The van der Waals surface area contributed by atoms with Crippen molar-refractivity contribution < 1.29 is 27.4 Å². The van der Waals surface area contributed by atoms with Crippen LogP contribution in [0.1, 0.15) is 16.1 Å². The molecule has 1 aromatic carbocycles. The molecule has 0 aliphatic rings. The van der Waals surface area contributed by atoms with E-state index in [1.807, 2.05) is 0 Å². The van der Waals surface area contributed by atoms with Crippen molar-refractivity contribution in [3.8, 4) is 5.75 Å². The molecule has 0 saturated heterocycles. The van der Waals surface area contributed by atoms with Crippen LogP contribution in [-0.2, 0) is 6.18 Å². The summed E-state index contributed by atoms with van der Waals surface area (Å²) < 4.78 is 44.2. The first-order chi connectivity index (χ1) is 13.1. The minimum Gasteiger partial charge on any atom is -0.711 e. The van der Waals surface area contributed by atoms with Crippen molar-refractivity contribution in [1.82, 2.24) is 4.98 Å². The van der Waals surface area contributed by atoms with Crippen molar-refractivity contribution in [2.45, 2.75) is 6.18 Å². The minimum atomic E-state index is -4.66. The molecule has 2 aromatic heterocycles. The van der Waals surface area contributed by atoms with Crippen LogP contribution in [0.4, 0.5) is 19.0 Å². The Morgan fingerprint density at radius 1 is 1.25 bits per heavy atom. The third kappa shape index (κ3) is 3.76. The number of ether oxygens (including phenoxy) is 1. The third-order valence-electron chi connectivity index (χ3n) is 3.76. The topological polar surface area (TPSA) is 78.2 Å². The number of rotatable bonds is 3. The van der Waals surface area contributed by atoms with Crippen LogP contribution in [-0.4, -0.2) is 18.0 Å². The Morgan fingerprint density at radius 3 is 2.57 bits per heavy atom. The van der Waals surface area contributed by atoms with Gasteiger partial charge in [0.15, 0.2) is 0 Å². The molecule has 3 rings (SSSR count). The second kappa shape index (κ2) is 7.33. The predicted molar refractivity (Wildman–Crippen MR) is 96.7 cm³/mol. The van der Waals surface area contributed by atoms with E-state index in [-0.39, 0.29) is 42.8 Å². The van der Waals surface area contributed by atoms with Crippen molar-refractivity contribution in [3.05, 3.63) is 63.0 Å². The van der Waals surface area contributed by atoms with Crippen molar-refractivity contribution in [3.63, 3.8) is 0 Å². The second-order valence-electron chi connectivity index (χ2n) is 5.54. The van der Waals surface area contributed by atoms with Crippen LogP contribution in [0.25, 0.3) is 10.9 Å². The summed E-state index contributed by atoms with van der Waals surface area (Å²) in [5, 5.41) is 14.3. The highest BCUT2D eigenvalue weighted by Gasteiger charge is 2.33. The van der Waals surface area contributed by atoms with E-state index in [0.717, 1.165) is 18.3 Å². The predicted octanol–water partition coefficient (Wildman–Crippen LogP) is 4.45. The number of halogens is 5. The Kier molecular flexibility index (Phi) is 5.22. The van der Waals surface area contributed by atoms with Crippen molar-refractivity contribution in [2.75, 3.05) is 12.4 Å². The number of nitrogens with zero attached hydrogens (tertiary/aromatic N) is 2. The molecule has 0 fully saturated rings. The number of fused-ring (bicyclic) bond motifs is 1. The molecule has 11 heteroatoms. The second-order valence-corrected chi connectivity index (χ2v) is 6.38. The molecule has 0 aliphatic heterocycles. The highest BCUT2D eigenvalue weighted by Crippen LogP contribution is 2.33. The molecular weight excluding hydrogens is 422 g/mol. The molecule has 146 valence electrons. The summed E-state index contributed by atoms with van der Waals surface area (Å²) >= 11 is 11.6. The number of carbonyl (C=O) groups excluding carboxylic acids is 1. The lowest BCUT2D eigenvalue weighted by Crippen LogP contribution is -2.33. The molecule has 6 nitrogen and oxygen atoms in total. The smallest absolute Gasteiger partial charge is 0.433 e. The average Bonchev–Trinajstić information content (AvgIpc) is 2.62. The highest BCUT2D eigenvalue weighted by molar-refractivity contribution is 6.36. The normalized spacial score (nSPS) is 11.5. The maximum Gasteiger partial charge on any atom is 0.433 e. The molecule has 0 spiro atoms. The lowest BCUT2D eigenvalue weighted by molar-refractivity contribution is -0.589. The lowest BCUT2D eigenvalue weighted by Gasteiger charge is -2.13. The van der Waals surface area contributed by atoms with Crippen molar-refractivity contribution in [1.29, 1.82) is 0 Å². The number of aromatic nitrogens is 2. The Morgan fingerprint density at radius 2 is 1.96 bits per heavy atom. The zero-order chi connectivity index (χ0) is 20.6.